The summed E-state index contributed by atoms with van der Waals surface area (Å²) in [5.41, 5.74) is -0.464. The number of hydrogen-bond acceptors (Lipinski definition) is 4. The molecule has 2 rings (SSSR count). The number of carbonyl (C=O) groups is 1. The van der Waals surface area contributed by atoms with Crippen LogP contribution in [0.1, 0.15) is 18.1 Å². The maximum atomic E-state index is 12.7. The number of hydrogen-bond donors (Lipinski definition) is 1. The molecule has 1 unspecified atom stereocenters. The van der Waals surface area contributed by atoms with Crippen LogP contribution in [0, 0.1) is 10.1 Å². The zero-order valence-electron chi connectivity index (χ0n) is 13.6. The Labute approximate surface area is 151 Å². The first-order valence-electron chi connectivity index (χ1n) is 7.52. The Hall–Kier alpha value is -2.55. The number of nitrogens with one attached hydrogen (secondary N) is 1. The number of nitro benzene ring substituents is 1. The van der Waals surface area contributed by atoms with Crippen LogP contribution in [0.2, 0.25) is 0 Å². The third-order valence-electron chi connectivity index (χ3n) is 3.45. The fraction of sp³-hybridized carbons (Fsp3) is 0.235. The first-order valence-corrected chi connectivity index (χ1v) is 8.40. The normalized spacial score (nSPS) is 12.5. The molecule has 0 saturated heterocycles. The number of rotatable bonds is 6. The van der Waals surface area contributed by atoms with E-state index in [1.807, 2.05) is 0 Å². The topological polar surface area (TPSA) is 72.2 Å². The molecule has 0 aliphatic rings. The Bertz CT molecular complexity index is 795. The first kappa shape index (κ1) is 19.8. The minimum absolute atomic E-state index is 0.0199. The monoisotopic (exact) mass is 384 g/mol. The molecule has 0 aromatic heterocycles. The summed E-state index contributed by atoms with van der Waals surface area (Å²) in [4.78, 5) is 22.9. The maximum absolute atomic E-state index is 12.7. The van der Waals surface area contributed by atoms with Crippen LogP contribution < -0.4 is 5.32 Å². The molecule has 0 aliphatic heterocycles. The van der Waals surface area contributed by atoms with E-state index < -0.39 is 21.9 Å². The highest BCUT2D eigenvalue weighted by Gasteiger charge is 2.30. The standard InChI is InChI=1S/C17H15F3N2O3S/c1-11(26-15-7-5-14(6-8-15)22(24)25)16(23)21-10-12-3-2-4-13(9-12)17(18,19)20/h2-9,11H,10H2,1H3,(H,21,23). The molecular weight excluding hydrogens is 369 g/mol. The number of thioether (sulfide) groups is 1. The molecule has 138 valence electrons. The molecule has 1 N–H and O–H groups in total. The second-order valence-corrected chi connectivity index (χ2v) is 6.84. The van der Waals surface area contributed by atoms with E-state index in [0.29, 0.717) is 10.5 Å². The van der Waals surface area contributed by atoms with Gasteiger partial charge in [0.1, 0.15) is 0 Å². The summed E-state index contributed by atoms with van der Waals surface area (Å²) in [6.45, 7) is 1.63. The van der Waals surface area contributed by atoms with Gasteiger partial charge in [0.05, 0.1) is 15.7 Å². The van der Waals surface area contributed by atoms with Gasteiger partial charge in [-0.3, -0.25) is 14.9 Å². The van der Waals surface area contributed by atoms with Crippen LogP contribution in [-0.4, -0.2) is 16.1 Å². The van der Waals surface area contributed by atoms with Crippen LogP contribution in [0.25, 0.3) is 0 Å². The minimum atomic E-state index is -4.43. The maximum Gasteiger partial charge on any atom is 0.416 e. The van der Waals surface area contributed by atoms with Gasteiger partial charge in [-0.25, -0.2) is 0 Å². The van der Waals surface area contributed by atoms with Crippen molar-refractivity contribution < 1.29 is 22.9 Å². The third-order valence-corrected chi connectivity index (χ3v) is 4.56. The second kappa shape index (κ2) is 8.22. The lowest BCUT2D eigenvalue weighted by atomic mass is 10.1. The van der Waals surface area contributed by atoms with Crippen LogP contribution in [-0.2, 0) is 17.5 Å². The average Bonchev–Trinajstić information content (AvgIpc) is 2.59. The van der Waals surface area contributed by atoms with Gasteiger partial charge in [0.2, 0.25) is 5.91 Å². The van der Waals surface area contributed by atoms with Crippen LogP contribution in [0.3, 0.4) is 0 Å². The van der Waals surface area contributed by atoms with Crippen molar-refractivity contribution >= 4 is 23.4 Å². The largest absolute Gasteiger partial charge is 0.416 e. The van der Waals surface area contributed by atoms with Crippen molar-refractivity contribution in [3.8, 4) is 0 Å². The predicted octanol–water partition coefficient (Wildman–Crippen LogP) is 4.41. The summed E-state index contributed by atoms with van der Waals surface area (Å²) in [7, 11) is 0. The highest BCUT2D eigenvalue weighted by Crippen LogP contribution is 2.29. The van der Waals surface area contributed by atoms with Crippen LogP contribution >= 0.6 is 11.8 Å². The quantitative estimate of drug-likeness (QED) is 0.455. The van der Waals surface area contributed by atoms with Gasteiger partial charge in [0, 0.05) is 23.6 Å². The SMILES string of the molecule is CC(Sc1ccc([N+](=O)[O-])cc1)C(=O)NCc1cccc(C(F)(F)F)c1. The van der Waals surface area contributed by atoms with Gasteiger partial charge in [-0.1, -0.05) is 12.1 Å². The number of carbonyl (C=O) groups excluding carboxylic acids is 1. The van der Waals surface area contributed by atoms with Gasteiger partial charge >= 0.3 is 6.18 Å². The predicted molar refractivity (Wildman–Crippen MR) is 91.7 cm³/mol. The van der Waals surface area contributed by atoms with Crippen LogP contribution in [0.5, 0.6) is 0 Å². The van der Waals surface area contributed by atoms with Crippen LogP contribution in [0.4, 0.5) is 18.9 Å². The summed E-state index contributed by atoms with van der Waals surface area (Å²) in [6.07, 6.45) is -4.43. The lowest BCUT2D eigenvalue weighted by molar-refractivity contribution is -0.384. The van der Waals surface area contributed by atoms with Crippen molar-refractivity contribution in [2.24, 2.45) is 0 Å². The summed E-state index contributed by atoms with van der Waals surface area (Å²) < 4.78 is 38.0. The van der Waals surface area contributed by atoms with Gasteiger partial charge in [0.15, 0.2) is 0 Å². The molecule has 0 heterocycles. The van der Waals surface area contributed by atoms with E-state index in [0.717, 1.165) is 12.1 Å². The van der Waals surface area contributed by atoms with E-state index in [4.69, 9.17) is 0 Å². The molecule has 2 aromatic rings. The van der Waals surface area contributed by atoms with E-state index in [2.05, 4.69) is 5.32 Å². The number of nitrogens with zero attached hydrogens (tertiary/aromatic N) is 1. The number of alkyl halides is 3. The fourth-order valence-corrected chi connectivity index (χ4v) is 2.99. The molecular formula is C17H15F3N2O3S. The molecule has 0 bridgehead atoms. The summed E-state index contributed by atoms with van der Waals surface area (Å²) in [5, 5.41) is 12.7. The van der Waals surface area contributed by atoms with Gasteiger partial charge in [-0.15, -0.1) is 11.8 Å². The van der Waals surface area contributed by atoms with Gasteiger partial charge in [0.25, 0.3) is 5.69 Å². The number of halogens is 3. The first-order chi connectivity index (χ1) is 12.2. The Kier molecular flexibility index (Phi) is 6.25. The zero-order valence-corrected chi connectivity index (χ0v) is 14.4. The molecule has 0 radical (unpaired) electrons. The highest BCUT2D eigenvalue weighted by atomic mass is 32.2. The van der Waals surface area contributed by atoms with Crippen molar-refractivity contribution in [3.63, 3.8) is 0 Å². The van der Waals surface area contributed by atoms with Crippen molar-refractivity contribution in [2.45, 2.75) is 29.8 Å². The number of nitro groups is 1. The molecule has 2 aromatic carbocycles. The number of amides is 1. The highest BCUT2D eigenvalue weighted by molar-refractivity contribution is 8.00. The number of benzene rings is 2. The molecule has 1 amide bonds. The third kappa shape index (κ3) is 5.48. The number of non-ortho nitro benzene ring substituents is 1. The Balaban J connectivity index is 1.92. The van der Waals surface area contributed by atoms with Crippen molar-refractivity contribution in [2.75, 3.05) is 0 Å². The molecule has 1 atom stereocenters. The molecule has 9 heteroatoms. The molecule has 0 spiro atoms. The summed E-state index contributed by atoms with van der Waals surface area (Å²) in [5.74, 6) is -0.342. The Morgan fingerprint density at radius 3 is 2.46 bits per heavy atom. The molecule has 0 saturated carbocycles. The lowest BCUT2D eigenvalue weighted by Gasteiger charge is -2.13. The van der Waals surface area contributed by atoms with Crippen molar-refractivity contribution in [1.82, 2.24) is 5.32 Å². The van der Waals surface area contributed by atoms with Gasteiger partial charge in [-0.05, 0) is 36.8 Å². The van der Waals surface area contributed by atoms with E-state index in [9.17, 15) is 28.1 Å². The minimum Gasteiger partial charge on any atom is -0.351 e. The smallest absolute Gasteiger partial charge is 0.351 e. The van der Waals surface area contributed by atoms with E-state index >= 15 is 0 Å². The van der Waals surface area contributed by atoms with E-state index in [1.165, 1.54) is 36.0 Å². The summed E-state index contributed by atoms with van der Waals surface area (Å²) in [6, 6.07) is 10.5. The summed E-state index contributed by atoms with van der Waals surface area (Å²) >= 11 is 1.20. The van der Waals surface area contributed by atoms with Gasteiger partial charge < -0.3 is 5.32 Å². The van der Waals surface area contributed by atoms with E-state index in [1.54, 1.807) is 19.1 Å². The second-order valence-electron chi connectivity index (χ2n) is 5.43. The molecule has 0 aliphatic carbocycles. The Morgan fingerprint density at radius 2 is 1.88 bits per heavy atom. The van der Waals surface area contributed by atoms with E-state index in [-0.39, 0.29) is 18.1 Å². The molecule has 26 heavy (non-hydrogen) atoms. The Morgan fingerprint density at radius 1 is 1.23 bits per heavy atom. The lowest BCUT2D eigenvalue weighted by Crippen LogP contribution is -2.30. The fourth-order valence-electron chi connectivity index (χ4n) is 2.09. The van der Waals surface area contributed by atoms with Crippen LogP contribution in [0.15, 0.2) is 53.4 Å². The zero-order chi connectivity index (χ0) is 19.3. The molecule has 5 nitrogen and oxygen atoms in total. The van der Waals surface area contributed by atoms with Gasteiger partial charge in [-0.2, -0.15) is 13.2 Å². The average molecular weight is 384 g/mol. The molecule has 0 fully saturated rings. The van der Waals surface area contributed by atoms with Crippen molar-refractivity contribution in [1.29, 1.82) is 0 Å². The van der Waals surface area contributed by atoms with Crippen molar-refractivity contribution in [3.05, 3.63) is 69.8 Å².